The van der Waals surface area contributed by atoms with Crippen molar-refractivity contribution in [3.8, 4) is 0 Å². The summed E-state index contributed by atoms with van der Waals surface area (Å²) in [4.78, 5) is 0. The van der Waals surface area contributed by atoms with Crippen LogP contribution in [0.4, 0.5) is 5.82 Å². The zero-order valence-electron chi connectivity index (χ0n) is 14.4. The van der Waals surface area contributed by atoms with Crippen molar-refractivity contribution in [1.82, 2.24) is 9.78 Å². The van der Waals surface area contributed by atoms with E-state index in [-0.39, 0.29) is 8.27 Å². The van der Waals surface area contributed by atoms with Crippen LogP contribution in [0.5, 0.6) is 0 Å². The molecule has 0 saturated carbocycles. The fourth-order valence-electron chi connectivity index (χ4n) is 1.86. The van der Waals surface area contributed by atoms with Crippen molar-refractivity contribution in [2.24, 2.45) is 12.8 Å². The van der Waals surface area contributed by atoms with Gasteiger partial charge in [-0.3, -0.25) is 15.4 Å². The fraction of sp³-hybridized carbons (Fsp3) is 0.812. The van der Waals surface area contributed by atoms with Crippen molar-refractivity contribution in [2.45, 2.75) is 71.6 Å². The molecule has 5 nitrogen and oxygen atoms in total. The van der Waals surface area contributed by atoms with Gasteiger partial charge in [-0.25, -0.2) is 0 Å². The van der Waals surface area contributed by atoms with Crippen molar-refractivity contribution in [3.05, 3.63) is 11.8 Å². The number of nitrogens with two attached hydrogens (primary N) is 1. The lowest BCUT2D eigenvalue weighted by Crippen LogP contribution is -2.12. The highest BCUT2D eigenvalue weighted by atomic mass is 16.5. The highest BCUT2D eigenvalue weighted by Gasteiger charge is 2.18. The molecular weight excluding hydrogens is 264 g/mol. The second kappa shape index (κ2) is 10.6. The summed E-state index contributed by atoms with van der Waals surface area (Å²) in [6, 6.07) is 1.83. The summed E-state index contributed by atoms with van der Waals surface area (Å²) in [6.07, 6.45) is 8.05. The van der Waals surface area contributed by atoms with E-state index in [9.17, 15) is 0 Å². The standard InChI is InChI=1S/C8H15N3O.C8H19N.2H2/c1-8(2,3)6-5-7(10-12)11(4)9-6;1-2-3-4-5-6-7-8-9;;/h5,10,12H,1-4H3;2-9H2,1H3;2*1H. The van der Waals surface area contributed by atoms with Gasteiger partial charge in [0.1, 0.15) is 5.82 Å². The molecule has 0 atom stereocenters. The fourth-order valence-corrected chi connectivity index (χ4v) is 1.86. The minimum absolute atomic E-state index is 0. The van der Waals surface area contributed by atoms with Crippen molar-refractivity contribution in [1.29, 1.82) is 0 Å². The molecule has 1 heterocycles. The van der Waals surface area contributed by atoms with E-state index in [4.69, 9.17) is 10.9 Å². The number of hydrogen-bond acceptors (Lipinski definition) is 4. The zero-order valence-corrected chi connectivity index (χ0v) is 14.4. The van der Waals surface area contributed by atoms with E-state index in [1.807, 2.05) is 6.07 Å². The molecule has 21 heavy (non-hydrogen) atoms. The predicted octanol–water partition coefficient (Wildman–Crippen LogP) is 4.32. The molecule has 1 aromatic heterocycles. The van der Waals surface area contributed by atoms with E-state index in [2.05, 4.69) is 38.3 Å². The molecule has 0 aliphatic rings. The summed E-state index contributed by atoms with van der Waals surface area (Å²) in [5.41, 5.74) is 8.41. The van der Waals surface area contributed by atoms with Crippen molar-refractivity contribution in [2.75, 3.05) is 12.0 Å². The lowest BCUT2D eigenvalue weighted by molar-refractivity contribution is 0.381. The van der Waals surface area contributed by atoms with Crippen LogP contribution in [-0.4, -0.2) is 21.5 Å². The number of aromatic nitrogens is 2. The van der Waals surface area contributed by atoms with Gasteiger partial charge in [0.25, 0.3) is 0 Å². The van der Waals surface area contributed by atoms with E-state index in [1.165, 1.54) is 38.5 Å². The van der Waals surface area contributed by atoms with Gasteiger partial charge in [-0.15, -0.1) is 0 Å². The van der Waals surface area contributed by atoms with Gasteiger partial charge in [0.15, 0.2) is 0 Å². The molecule has 0 amide bonds. The van der Waals surface area contributed by atoms with Crippen LogP contribution >= 0.6 is 0 Å². The molecule has 0 saturated heterocycles. The van der Waals surface area contributed by atoms with Crippen molar-refractivity contribution >= 4 is 5.82 Å². The van der Waals surface area contributed by atoms with Crippen molar-refractivity contribution in [3.63, 3.8) is 0 Å². The van der Waals surface area contributed by atoms with Gasteiger partial charge in [-0.2, -0.15) is 5.10 Å². The molecule has 0 aliphatic heterocycles. The Morgan fingerprint density at radius 1 is 1.24 bits per heavy atom. The quantitative estimate of drug-likeness (QED) is 0.518. The van der Waals surface area contributed by atoms with Gasteiger partial charge < -0.3 is 5.73 Å². The molecule has 0 aliphatic carbocycles. The Morgan fingerprint density at radius 2 is 1.81 bits per heavy atom. The lowest BCUT2D eigenvalue weighted by Gasteiger charge is -2.13. The van der Waals surface area contributed by atoms with Crippen LogP contribution in [0.1, 0.15) is 74.8 Å². The van der Waals surface area contributed by atoms with Gasteiger partial charge >= 0.3 is 0 Å². The monoisotopic (exact) mass is 302 g/mol. The van der Waals surface area contributed by atoms with E-state index in [0.717, 1.165) is 12.2 Å². The Bertz CT molecular complexity index is 373. The van der Waals surface area contributed by atoms with Crippen LogP contribution in [0.2, 0.25) is 0 Å². The number of unbranched alkanes of at least 4 members (excludes halogenated alkanes) is 5. The Balaban J connectivity index is -0.000000332. The molecule has 0 fully saturated rings. The van der Waals surface area contributed by atoms with E-state index in [0.29, 0.717) is 5.82 Å². The normalized spacial score (nSPS) is 11.0. The highest BCUT2D eigenvalue weighted by Crippen LogP contribution is 2.22. The second-order valence-corrected chi connectivity index (χ2v) is 6.46. The van der Waals surface area contributed by atoms with Gasteiger partial charge in [-0.1, -0.05) is 59.8 Å². The average molecular weight is 303 g/mol. The summed E-state index contributed by atoms with van der Waals surface area (Å²) in [5, 5.41) is 12.9. The number of nitrogens with one attached hydrogen (secondary N) is 1. The Hall–Kier alpha value is -1.07. The minimum Gasteiger partial charge on any atom is -0.330 e. The molecule has 0 spiro atoms. The Labute approximate surface area is 132 Å². The molecule has 1 rings (SSSR count). The molecule has 128 valence electrons. The van der Waals surface area contributed by atoms with Gasteiger partial charge in [0.05, 0.1) is 5.69 Å². The molecule has 5 heteroatoms. The van der Waals surface area contributed by atoms with Crippen LogP contribution in [-0.2, 0) is 12.5 Å². The zero-order chi connectivity index (χ0) is 16.3. The van der Waals surface area contributed by atoms with Crippen LogP contribution < -0.4 is 11.2 Å². The lowest BCUT2D eigenvalue weighted by atomic mass is 9.92. The first-order valence-corrected chi connectivity index (χ1v) is 8.01. The Morgan fingerprint density at radius 3 is 2.19 bits per heavy atom. The number of anilines is 1. The van der Waals surface area contributed by atoms with Crippen LogP contribution in [0, 0.1) is 0 Å². The first kappa shape index (κ1) is 19.9. The molecular formula is C16H38N4O. The summed E-state index contributed by atoms with van der Waals surface area (Å²) in [5.74, 6) is 0.611. The topological polar surface area (TPSA) is 76.1 Å². The summed E-state index contributed by atoms with van der Waals surface area (Å²) >= 11 is 0. The van der Waals surface area contributed by atoms with Gasteiger partial charge in [0.2, 0.25) is 0 Å². The van der Waals surface area contributed by atoms with Crippen LogP contribution in [0.25, 0.3) is 0 Å². The summed E-state index contributed by atoms with van der Waals surface area (Å²) < 4.78 is 1.61. The molecule has 0 radical (unpaired) electrons. The maximum Gasteiger partial charge on any atom is 0.147 e. The molecule has 4 N–H and O–H groups in total. The largest absolute Gasteiger partial charge is 0.330 e. The maximum absolute atomic E-state index is 8.69. The third-order valence-electron chi connectivity index (χ3n) is 3.32. The molecule has 0 aromatic carbocycles. The molecule has 0 unspecified atom stereocenters. The van der Waals surface area contributed by atoms with Crippen LogP contribution in [0.15, 0.2) is 6.07 Å². The number of aryl methyl sites for hydroxylation is 1. The summed E-state index contributed by atoms with van der Waals surface area (Å²) in [6.45, 7) is 9.35. The number of nitrogens with zero attached hydrogens (tertiary/aromatic N) is 2. The minimum atomic E-state index is 0. The Kier molecular flexibility index (Phi) is 10.1. The second-order valence-electron chi connectivity index (χ2n) is 6.46. The molecule has 1 aromatic rings. The number of rotatable bonds is 7. The maximum atomic E-state index is 8.69. The SMILES string of the molecule is CCCCCCCCN.Cn1nc(C(C)(C)C)cc1NO.[HH].[HH]. The first-order valence-electron chi connectivity index (χ1n) is 8.01. The van der Waals surface area contributed by atoms with E-state index < -0.39 is 0 Å². The number of hydrogen-bond donors (Lipinski definition) is 3. The van der Waals surface area contributed by atoms with Gasteiger partial charge in [-0.05, 0) is 13.0 Å². The van der Waals surface area contributed by atoms with Gasteiger partial charge in [0, 0.05) is 21.4 Å². The van der Waals surface area contributed by atoms with Crippen LogP contribution in [0.3, 0.4) is 0 Å². The predicted molar refractivity (Wildman–Crippen MR) is 94.0 cm³/mol. The third-order valence-corrected chi connectivity index (χ3v) is 3.32. The highest BCUT2D eigenvalue weighted by molar-refractivity contribution is 5.36. The van der Waals surface area contributed by atoms with E-state index >= 15 is 0 Å². The average Bonchev–Trinajstić information content (AvgIpc) is 2.81. The van der Waals surface area contributed by atoms with E-state index in [1.54, 1.807) is 11.7 Å². The first-order chi connectivity index (χ1) is 9.86. The third kappa shape index (κ3) is 8.73. The van der Waals surface area contributed by atoms with Crippen molar-refractivity contribution < 1.29 is 8.06 Å². The molecule has 0 bridgehead atoms. The summed E-state index contributed by atoms with van der Waals surface area (Å²) in [7, 11) is 1.79. The smallest absolute Gasteiger partial charge is 0.147 e.